The van der Waals surface area contributed by atoms with E-state index in [-0.39, 0.29) is 0 Å². The molecular weight excluding hydrogens is 476 g/mol. The zero-order valence-electron chi connectivity index (χ0n) is 17.7. The molecule has 1 N–H and O–H groups in total. The van der Waals surface area contributed by atoms with Gasteiger partial charge in [-0.25, -0.2) is 10.2 Å². The van der Waals surface area contributed by atoms with Gasteiger partial charge in [-0.3, -0.25) is 4.79 Å². The molecule has 0 spiro atoms. The molecule has 0 aliphatic heterocycles. The molecule has 0 aliphatic carbocycles. The van der Waals surface area contributed by atoms with Crippen molar-refractivity contribution in [1.29, 1.82) is 0 Å². The zero-order chi connectivity index (χ0) is 23.1. The van der Waals surface area contributed by atoms with Crippen LogP contribution in [0.15, 0.2) is 70.2 Å². The molecule has 3 aromatic rings. The Morgan fingerprint density at radius 3 is 2.38 bits per heavy atom. The second-order valence-electron chi connectivity index (χ2n) is 6.66. The maximum Gasteiger partial charge on any atom is 0.343 e. The number of hydrogen-bond donors (Lipinski definition) is 1. The summed E-state index contributed by atoms with van der Waals surface area (Å²) in [6.45, 7) is 1.84. The lowest BCUT2D eigenvalue weighted by Gasteiger charge is -2.10. The number of halogens is 1. The standard InChI is InChI=1S/C24H21BrN2O5/c1-15-6-4-5-7-19(15)24(29)32-20-11-9-18(25)12-17(20)14-26-27-23(28)16-8-10-21(30-2)22(13-16)31-3/h4-14H,1-3H3,(H,27,28). The van der Waals surface area contributed by atoms with E-state index in [2.05, 4.69) is 26.5 Å². The minimum Gasteiger partial charge on any atom is -0.493 e. The second kappa shape index (κ2) is 10.6. The number of esters is 1. The van der Waals surface area contributed by atoms with Gasteiger partial charge in [-0.05, 0) is 55.0 Å². The number of nitrogens with one attached hydrogen (secondary N) is 1. The molecule has 0 bridgehead atoms. The van der Waals surface area contributed by atoms with Crippen molar-refractivity contribution in [3.8, 4) is 17.2 Å². The molecule has 0 aliphatic rings. The summed E-state index contributed by atoms with van der Waals surface area (Å²) in [4.78, 5) is 25.0. The van der Waals surface area contributed by atoms with Gasteiger partial charge in [0.15, 0.2) is 11.5 Å². The first-order valence-electron chi connectivity index (χ1n) is 9.55. The predicted octanol–water partition coefficient (Wildman–Crippen LogP) is 4.76. The highest BCUT2D eigenvalue weighted by Crippen LogP contribution is 2.27. The fourth-order valence-electron chi connectivity index (χ4n) is 2.87. The van der Waals surface area contributed by atoms with Crippen molar-refractivity contribution in [2.24, 2.45) is 5.10 Å². The van der Waals surface area contributed by atoms with E-state index in [4.69, 9.17) is 14.2 Å². The number of ether oxygens (including phenoxy) is 3. The summed E-state index contributed by atoms with van der Waals surface area (Å²) >= 11 is 3.39. The van der Waals surface area contributed by atoms with Gasteiger partial charge in [0.1, 0.15) is 5.75 Å². The Kier molecular flexibility index (Phi) is 7.62. The van der Waals surface area contributed by atoms with Gasteiger partial charge in [0.2, 0.25) is 0 Å². The number of benzene rings is 3. The Morgan fingerprint density at radius 1 is 0.938 bits per heavy atom. The molecule has 1 amide bonds. The Balaban J connectivity index is 1.76. The quantitative estimate of drug-likeness (QED) is 0.220. The molecule has 164 valence electrons. The van der Waals surface area contributed by atoms with Crippen LogP contribution in [-0.4, -0.2) is 32.3 Å². The highest BCUT2D eigenvalue weighted by Gasteiger charge is 2.14. The summed E-state index contributed by atoms with van der Waals surface area (Å²) in [5, 5.41) is 4.01. The molecule has 0 radical (unpaired) electrons. The van der Waals surface area contributed by atoms with Crippen molar-refractivity contribution in [1.82, 2.24) is 5.43 Å². The van der Waals surface area contributed by atoms with Gasteiger partial charge in [-0.1, -0.05) is 34.1 Å². The lowest BCUT2D eigenvalue weighted by Crippen LogP contribution is -2.18. The molecular formula is C24H21BrN2O5. The number of carbonyl (C=O) groups is 2. The number of methoxy groups -OCH3 is 2. The van der Waals surface area contributed by atoms with Crippen LogP contribution in [0.3, 0.4) is 0 Å². The molecule has 0 heterocycles. The van der Waals surface area contributed by atoms with E-state index < -0.39 is 11.9 Å². The van der Waals surface area contributed by atoms with Crippen LogP contribution in [0, 0.1) is 6.92 Å². The minimum atomic E-state index is -0.477. The van der Waals surface area contributed by atoms with Gasteiger partial charge < -0.3 is 14.2 Å². The van der Waals surface area contributed by atoms with Gasteiger partial charge in [-0.2, -0.15) is 5.10 Å². The topological polar surface area (TPSA) is 86.2 Å². The molecule has 3 rings (SSSR count). The van der Waals surface area contributed by atoms with Crippen LogP contribution in [0.2, 0.25) is 0 Å². The monoisotopic (exact) mass is 496 g/mol. The fraction of sp³-hybridized carbons (Fsp3) is 0.125. The molecule has 0 fully saturated rings. The van der Waals surface area contributed by atoms with E-state index in [0.29, 0.717) is 33.9 Å². The molecule has 0 atom stereocenters. The van der Waals surface area contributed by atoms with Crippen molar-refractivity contribution < 1.29 is 23.8 Å². The smallest absolute Gasteiger partial charge is 0.343 e. The van der Waals surface area contributed by atoms with E-state index in [0.717, 1.165) is 10.0 Å². The third-order valence-corrected chi connectivity index (χ3v) is 5.05. The summed E-state index contributed by atoms with van der Waals surface area (Å²) in [7, 11) is 3.01. The highest BCUT2D eigenvalue weighted by atomic mass is 79.9. The average molecular weight is 497 g/mol. The average Bonchev–Trinajstić information content (AvgIpc) is 2.80. The lowest BCUT2D eigenvalue weighted by molar-refractivity contribution is 0.0733. The van der Waals surface area contributed by atoms with Crippen molar-refractivity contribution in [3.63, 3.8) is 0 Å². The number of rotatable bonds is 7. The Labute approximate surface area is 194 Å². The maximum atomic E-state index is 12.6. The lowest BCUT2D eigenvalue weighted by atomic mass is 10.1. The van der Waals surface area contributed by atoms with Gasteiger partial charge >= 0.3 is 5.97 Å². The van der Waals surface area contributed by atoms with Crippen LogP contribution in [0.4, 0.5) is 0 Å². The van der Waals surface area contributed by atoms with E-state index in [1.807, 2.05) is 19.1 Å². The summed E-state index contributed by atoms with van der Waals surface area (Å²) in [6, 6.07) is 17.1. The van der Waals surface area contributed by atoms with E-state index in [1.165, 1.54) is 20.4 Å². The fourth-order valence-corrected chi connectivity index (χ4v) is 3.25. The van der Waals surface area contributed by atoms with Crippen molar-refractivity contribution in [2.45, 2.75) is 6.92 Å². The normalized spacial score (nSPS) is 10.6. The van der Waals surface area contributed by atoms with Gasteiger partial charge in [0.25, 0.3) is 5.91 Å². The molecule has 32 heavy (non-hydrogen) atoms. The summed E-state index contributed by atoms with van der Waals surface area (Å²) in [5.74, 6) is 0.346. The number of nitrogens with zero attached hydrogens (tertiary/aromatic N) is 1. The Hall–Kier alpha value is -3.65. The summed E-state index contributed by atoms with van der Waals surface area (Å²) < 4.78 is 16.7. The molecule has 7 nitrogen and oxygen atoms in total. The van der Waals surface area contributed by atoms with Crippen molar-refractivity contribution in [2.75, 3.05) is 14.2 Å². The van der Waals surface area contributed by atoms with Crippen LogP contribution < -0.4 is 19.6 Å². The number of carbonyl (C=O) groups excluding carboxylic acids is 2. The van der Waals surface area contributed by atoms with Gasteiger partial charge in [0.05, 0.1) is 26.0 Å². The molecule has 0 saturated carbocycles. The summed E-state index contributed by atoms with van der Waals surface area (Å²) in [6.07, 6.45) is 1.41. The van der Waals surface area contributed by atoms with Crippen molar-refractivity contribution in [3.05, 3.63) is 87.4 Å². The Morgan fingerprint density at radius 2 is 1.66 bits per heavy atom. The largest absolute Gasteiger partial charge is 0.493 e. The van der Waals surface area contributed by atoms with Crippen LogP contribution >= 0.6 is 15.9 Å². The molecule has 0 aromatic heterocycles. The summed E-state index contributed by atoms with van der Waals surface area (Å²) in [5.41, 5.74) is 4.60. The number of aryl methyl sites for hydroxylation is 1. The van der Waals surface area contributed by atoms with E-state index in [1.54, 1.807) is 48.5 Å². The first kappa shape index (κ1) is 23.0. The van der Waals surface area contributed by atoms with E-state index in [9.17, 15) is 9.59 Å². The SMILES string of the molecule is COc1ccc(C(=O)NN=Cc2cc(Br)ccc2OC(=O)c2ccccc2C)cc1OC. The van der Waals surface area contributed by atoms with Crippen LogP contribution in [0.5, 0.6) is 17.2 Å². The first-order valence-corrected chi connectivity index (χ1v) is 10.3. The van der Waals surface area contributed by atoms with Gasteiger partial charge in [-0.15, -0.1) is 0 Å². The van der Waals surface area contributed by atoms with Crippen LogP contribution in [0.1, 0.15) is 31.8 Å². The van der Waals surface area contributed by atoms with Crippen LogP contribution in [-0.2, 0) is 0 Å². The molecule has 0 unspecified atom stereocenters. The van der Waals surface area contributed by atoms with Crippen molar-refractivity contribution >= 4 is 34.0 Å². The number of amides is 1. The van der Waals surface area contributed by atoms with Gasteiger partial charge in [0, 0.05) is 15.6 Å². The number of hydrazone groups is 1. The first-order chi connectivity index (χ1) is 15.4. The second-order valence-corrected chi connectivity index (χ2v) is 7.57. The minimum absolute atomic E-state index is 0.311. The highest BCUT2D eigenvalue weighted by molar-refractivity contribution is 9.10. The zero-order valence-corrected chi connectivity index (χ0v) is 19.3. The molecule has 8 heteroatoms. The van der Waals surface area contributed by atoms with Crippen LogP contribution in [0.25, 0.3) is 0 Å². The number of hydrogen-bond acceptors (Lipinski definition) is 6. The predicted molar refractivity (Wildman–Crippen MR) is 125 cm³/mol. The third-order valence-electron chi connectivity index (χ3n) is 4.55. The maximum absolute atomic E-state index is 12.6. The Bertz CT molecular complexity index is 1180. The third kappa shape index (κ3) is 5.53. The van der Waals surface area contributed by atoms with E-state index >= 15 is 0 Å². The molecule has 0 saturated heterocycles. The molecule has 3 aromatic carbocycles.